The molecule has 0 radical (unpaired) electrons. The maximum absolute atomic E-state index is 10.8. The number of carbonyl (C=O) groups is 1. The van der Waals surface area contributed by atoms with Crippen LogP contribution in [0.4, 0.5) is 0 Å². The molecule has 0 spiro atoms. The van der Waals surface area contributed by atoms with Crippen molar-refractivity contribution >= 4 is 16.1 Å². The molecule has 5 nitrogen and oxygen atoms in total. The van der Waals surface area contributed by atoms with Crippen molar-refractivity contribution in [1.82, 2.24) is 0 Å². The molecule has 14 heavy (non-hydrogen) atoms. The first-order chi connectivity index (χ1) is 6.39. The maximum atomic E-state index is 10.8. The minimum atomic E-state index is -3.45. The molecule has 0 saturated carbocycles. The number of carbonyl (C=O) groups excluding carboxylic acids is 1. The van der Waals surface area contributed by atoms with Gasteiger partial charge < -0.3 is 4.74 Å². The van der Waals surface area contributed by atoms with Gasteiger partial charge in [-0.25, -0.2) is 4.79 Å². The molecule has 0 saturated heterocycles. The van der Waals surface area contributed by atoms with Crippen molar-refractivity contribution in [3.05, 3.63) is 12.2 Å². The summed E-state index contributed by atoms with van der Waals surface area (Å²) < 4.78 is 30.7. The lowest BCUT2D eigenvalue weighted by atomic mass is 10.4. The summed E-state index contributed by atoms with van der Waals surface area (Å²) in [5, 5.41) is 0. The molecule has 0 aromatic rings. The van der Waals surface area contributed by atoms with E-state index in [9.17, 15) is 13.2 Å². The zero-order valence-electron chi connectivity index (χ0n) is 8.28. The Morgan fingerprint density at radius 1 is 1.36 bits per heavy atom. The van der Waals surface area contributed by atoms with Crippen molar-refractivity contribution in [2.45, 2.75) is 13.8 Å². The Morgan fingerprint density at radius 3 is 2.36 bits per heavy atom. The highest BCUT2D eigenvalue weighted by Gasteiger charge is 2.08. The molecule has 0 aromatic heterocycles. The molecule has 0 aromatic carbocycles. The molecule has 82 valence electrons. The Morgan fingerprint density at radius 2 is 1.93 bits per heavy atom. The van der Waals surface area contributed by atoms with Crippen molar-refractivity contribution in [2.24, 2.45) is 0 Å². The SMILES string of the molecule is C=C(C)C(=O)OCCOS(=O)(=O)CC. The van der Waals surface area contributed by atoms with Crippen LogP contribution in [0.15, 0.2) is 12.2 Å². The Labute approximate surface area is 83.8 Å². The second-order valence-corrected chi connectivity index (χ2v) is 4.51. The Hall–Kier alpha value is -0.880. The van der Waals surface area contributed by atoms with Crippen molar-refractivity contribution in [3.8, 4) is 0 Å². The predicted molar refractivity (Wildman–Crippen MR) is 51.2 cm³/mol. The van der Waals surface area contributed by atoms with Gasteiger partial charge in [-0.15, -0.1) is 0 Å². The van der Waals surface area contributed by atoms with Crippen LogP contribution in [0, 0.1) is 0 Å². The van der Waals surface area contributed by atoms with Crippen LogP contribution in [0.2, 0.25) is 0 Å². The van der Waals surface area contributed by atoms with Crippen LogP contribution in [-0.2, 0) is 23.8 Å². The van der Waals surface area contributed by atoms with Gasteiger partial charge in [-0.2, -0.15) is 8.42 Å². The van der Waals surface area contributed by atoms with E-state index in [4.69, 9.17) is 0 Å². The molecular weight excluding hydrogens is 208 g/mol. The first-order valence-corrected chi connectivity index (χ1v) is 5.66. The van der Waals surface area contributed by atoms with Gasteiger partial charge >= 0.3 is 5.97 Å². The van der Waals surface area contributed by atoms with Crippen LogP contribution in [0.3, 0.4) is 0 Å². The Balaban J connectivity index is 3.68. The first kappa shape index (κ1) is 13.1. The fourth-order valence-corrected chi connectivity index (χ4v) is 0.991. The average molecular weight is 222 g/mol. The molecule has 0 rings (SSSR count). The first-order valence-electron chi connectivity index (χ1n) is 4.08. The zero-order chi connectivity index (χ0) is 11.2. The summed E-state index contributed by atoms with van der Waals surface area (Å²) in [7, 11) is -3.45. The van der Waals surface area contributed by atoms with Crippen LogP contribution >= 0.6 is 0 Å². The lowest BCUT2D eigenvalue weighted by Gasteiger charge is -2.04. The zero-order valence-corrected chi connectivity index (χ0v) is 9.09. The number of hydrogen-bond donors (Lipinski definition) is 0. The van der Waals surface area contributed by atoms with Crippen molar-refractivity contribution < 1.29 is 22.1 Å². The molecule has 0 aliphatic carbocycles. The summed E-state index contributed by atoms with van der Waals surface area (Å²) in [6, 6.07) is 0. The summed E-state index contributed by atoms with van der Waals surface area (Å²) in [6.45, 7) is 6.09. The molecule has 0 unspecified atom stereocenters. The van der Waals surface area contributed by atoms with Crippen LogP contribution in [0.1, 0.15) is 13.8 Å². The highest BCUT2D eigenvalue weighted by molar-refractivity contribution is 7.86. The smallest absolute Gasteiger partial charge is 0.333 e. The predicted octanol–water partition coefficient (Wildman–Crippen LogP) is 0.472. The third-order valence-corrected chi connectivity index (χ3v) is 2.51. The van der Waals surface area contributed by atoms with Gasteiger partial charge in [0.2, 0.25) is 0 Å². The molecule has 0 aliphatic heterocycles. The molecular formula is C8H14O5S. The van der Waals surface area contributed by atoms with E-state index in [0.717, 1.165) is 0 Å². The monoisotopic (exact) mass is 222 g/mol. The maximum Gasteiger partial charge on any atom is 0.333 e. The topological polar surface area (TPSA) is 69.7 Å². The Kier molecular flexibility index (Phi) is 5.40. The van der Waals surface area contributed by atoms with Gasteiger partial charge in [0.1, 0.15) is 13.2 Å². The lowest BCUT2D eigenvalue weighted by Crippen LogP contribution is -2.15. The van der Waals surface area contributed by atoms with Crippen molar-refractivity contribution in [3.63, 3.8) is 0 Å². The van der Waals surface area contributed by atoms with Gasteiger partial charge in [0, 0.05) is 5.57 Å². The summed E-state index contributed by atoms with van der Waals surface area (Å²) in [4.78, 5) is 10.8. The molecule has 6 heteroatoms. The van der Waals surface area contributed by atoms with E-state index in [-0.39, 0.29) is 24.5 Å². The van der Waals surface area contributed by atoms with Gasteiger partial charge in [0.05, 0.1) is 5.75 Å². The molecule has 0 bridgehead atoms. The summed E-state index contributed by atoms with van der Waals surface area (Å²) in [6.07, 6.45) is 0. The third-order valence-electron chi connectivity index (χ3n) is 1.28. The number of rotatable bonds is 6. The van der Waals surface area contributed by atoms with Crippen molar-refractivity contribution in [2.75, 3.05) is 19.0 Å². The van der Waals surface area contributed by atoms with Gasteiger partial charge in [-0.1, -0.05) is 6.58 Å². The van der Waals surface area contributed by atoms with Gasteiger partial charge in [-0.05, 0) is 13.8 Å². The van der Waals surface area contributed by atoms with E-state index in [1.165, 1.54) is 13.8 Å². The van der Waals surface area contributed by atoms with E-state index in [1.54, 1.807) is 0 Å². The van der Waals surface area contributed by atoms with Gasteiger partial charge in [0.15, 0.2) is 0 Å². The van der Waals surface area contributed by atoms with E-state index >= 15 is 0 Å². The highest BCUT2D eigenvalue weighted by atomic mass is 32.2. The van der Waals surface area contributed by atoms with Crippen LogP contribution in [-0.4, -0.2) is 33.4 Å². The second kappa shape index (κ2) is 5.77. The normalized spacial score (nSPS) is 11.0. The van der Waals surface area contributed by atoms with Gasteiger partial charge in [0.25, 0.3) is 10.1 Å². The number of hydrogen-bond acceptors (Lipinski definition) is 5. The van der Waals surface area contributed by atoms with Crippen LogP contribution in [0.25, 0.3) is 0 Å². The average Bonchev–Trinajstić information content (AvgIpc) is 2.12. The minimum Gasteiger partial charge on any atom is -0.460 e. The molecule has 0 aliphatic rings. The van der Waals surface area contributed by atoms with E-state index in [1.807, 2.05) is 0 Å². The molecule has 0 atom stereocenters. The fourth-order valence-electron chi connectivity index (χ4n) is 0.502. The number of esters is 1. The molecule has 0 amide bonds. The summed E-state index contributed by atoms with van der Waals surface area (Å²) in [5.74, 6) is -0.649. The van der Waals surface area contributed by atoms with E-state index in [2.05, 4.69) is 15.5 Å². The third kappa shape index (κ3) is 5.71. The van der Waals surface area contributed by atoms with E-state index < -0.39 is 16.1 Å². The Bertz CT molecular complexity index is 304. The van der Waals surface area contributed by atoms with Crippen LogP contribution in [0.5, 0.6) is 0 Å². The summed E-state index contributed by atoms with van der Waals surface area (Å²) >= 11 is 0. The lowest BCUT2D eigenvalue weighted by molar-refractivity contribution is -0.139. The second-order valence-electron chi connectivity index (χ2n) is 2.58. The van der Waals surface area contributed by atoms with Crippen molar-refractivity contribution in [1.29, 1.82) is 0 Å². The van der Waals surface area contributed by atoms with Crippen LogP contribution < -0.4 is 0 Å². The summed E-state index contributed by atoms with van der Waals surface area (Å²) in [5.41, 5.74) is 0.267. The molecule has 0 heterocycles. The molecule has 0 fully saturated rings. The fraction of sp³-hybridized carbons (Fsp3) is 0.625. The van der Waals surface area contributed by atoms with Gasteiger partial charge in [-0.3, -0.25) is 4.18 Å². The minimum absolute atomic E-state index is 0.0923. The standard InChI is InChI=1S/C8H14O5S/c1-4-14(10,11)13-6-5-12-8(9)7(2)3/h2,4-6H2,1,3H3. The highest BCUT2D eigenvalue weighted by Crippen LogP contribution is 1.94. The molecule has 0 N–H and O–H groups in total. The number of ether oxygens (including phenoxy) is 1. The largest absolute Gasteiger partial charge is 0.460 e. The van der Waals surface area contributed by atoms with E-state index in [0.29, 0.717) is 0 Å². The quantitative estimate of drug-likeness (QED) is 0.283.